The third-order valence-corrected chi connectivity index (χ3v) is 4.68. The van der Waals surface area contributed by atoms with Crippen molar-refractivity contribution in [3.05, 3.63) is 77.9 Å². The van der Waals surface area contributed by atoms with Crippen LogP contribution in [0.3, 0.4) is 0 Å². The molecule has 0 aliphatic rings. The first-order valence-electron chi connectivity index (χ1n) is 9.45. The van der Waals surface area contributed by atoms with Crippen molar-refractivity contribution in [1.29, 1.82) is 0 Å². The van der Waals surface area contributed by atoms with E-state index in [-0.39, 0.29) is 17.6 Å². The minimum atomic E-state index is -0.430. The number of rotatable bonds is 9. The normalized spacial score (nSPS) is 11.8. The maximum absolute atomic E-state index is 13.9. The van der Waals surface area contributed by atoms with E-state index in [1.54, 1.807) is 19.2 Å². The smallest absolute Gasteiger partial charge is 0.224 e. The van der Waals surface area contributed by atoms with Crippen molar-refractivity contribution in [3.63, 3.8) is 0 Å². The van der Waals surface area contributed by atoms with E-state index < -0.39 is 5.82 Å². The van der Waals surface area contributed by atoms with E-state index in [4.69, 9.17) is 4.74 Å². The lowest BCUT2D eigenvalue weighted by atomic mass is 9.98. The van der Waals surface area contributed by atoms with Crippen LogP contribution < -0.4 is 15.4 Å². The molecule has 0 spiro atoms. The first-order valence-corrected chi connectivity index (χ1v) is 9.45. The number of nitrogens with one attached hydrogen (secondary N) is 2. The molecule has 0 fully saturated rings. The van der Waals surface area contributed by atoms with E-state index >= 15 is 0 Å². The highest BCUT2D eigenvalue weighted by molar-refractivity contribution is 5.78. The van der Waals surface area contributed by atoms with Gasteiger partial charge in [-0.2, -0.15) is 5.10 Å². The molecule has 29 heavy (non-hydrogen) atoms. The predicted molar refractivity (Wildman–Crippen MR) is 109 cm³/mol. The minimum absolute atomic E-state index is 0.0939. The number of amides is 1. The van der Waals surface area contributed by atoms with Crippen molar-refractivity contribution < 1.29 is 13.9 Å². The Balaban J connectivity index is 1.59. The number of methoxy groups -OCH3 is 1. The van der Waals surface area contributed by atoms with Crippen LogP contribution in [0.15, 0.2) is 60.8 Å². The summed E-state index contributed by atoms with van der Waals surface area (Å²) < 4.78 is 20.7. The van der Waals surface area contributed by atoms with Crippen LogP contribution in [-0.4, -0.2) is 36.4 Å². The first kappa shape index (κ1) is 20.5. The standard InChI is InChI=1S/C22H25FN4O2/c1-24-22(28)17(12-16-8-9-21(29-2)20(23)13-16)14-25-15-18-10-11-27(26-18)19-6-4-3-5-7-19/h3-11,13,17,25H,12,14-15H2,1-2H3,(H,24,28). The molecule has 0 aliphatic carbocycles. The molecule has 7 heteroatoms. The second kappa shape index (κ2) is 9.84. The molecule has 1 heterocycles. The molecule has 1 aromatic heterocycles. The van der Waals surface area contributed by atoms with Gasteiger partial charge in [-0.15, -0.1) is 0 Å². The van der Waals surface area contributed by atoms with Crippen LogP contribution in [0.5, 0.6) is 5.75 Å². The third kappa shape index (κ3) is 5.42. The first-order chi connectivity index (χ1) is 14.1. The Kier molecular flexibility index (Phi) is 6.97. The number of halogens is 1. The molecule has 1 unspecified atom stereocenters. The van der Waals surface area contributed by atoms with Crippen LogP contribution in [0.2, 0.25) is 0 Å². The van der Waals surface area contributed by atoms with Gasteiger partial charge in [-0.25, -0.2) is 9.07 Å². The van der Waals surface area contributed by atoms with Gasteiger partial charge in [-0.1, -0.05) is 24.3 Å². The quantitative estimate of drug-likeness (QED) is 0.584. The molecule has 0 radical (unpaired) electrons. The number of carbonyl (C=O) groups excluding carboxylic acids is 1. The maximum Gasteiger partial charge on any atom is 0.224 e. The van der Waals surface area contributed by atoms with Crippen molar-refractivity contribution >= 4 is 5.91 Å². The molecule has 152 valence electrons. The monoisotopic (exact) mass is 396 g/mol. The summed E-state index contributed by atoms with van der Waals surface area (Å²) in [4.78, 5) is 12.3. The summed E-state index contributed by atoms with van der Waals surface area (Å²) in [5.74, 6) is -0.662. The zero-order valence-electron chi connectivity index (χ0n) is 16.6. The molecule has 6 nitrogen and oxygen atoms in total. The summed E-state index contributed by atoms with van der Waals surface area (Å²) >= 11 is 0. The van der Waals surface area contributed by atoms with Crippen molar-refractivity contribution in [2.75, 3.05) is 20.7 Å². The van der Waals surface area contributed by atoms with Gasteiger partial charge in [-0.3, -0.25) is 4.79 Å². The highest BCUT2D eigenvalue weighted by Gasteiger charge is 2.18. The molecule has 2 N–H and O–H groups in total. The lowest BCUT2D eigenvalue weighted by Gasteiger charge is -2.16. The average molecular weight is 396 g/mol. The molecular formula is C22H25FN4O2. The number of benzene rings is 2. The highest BCUT2D eigenvalue weighted by atomic mass is 19.1. The van der Waals surface area contributed by atoms with E-state index in [1.165, 1.54) is 13.2 Å². The molecule has 3 rings (SSSR count). The van der Waals surface area contributed by atoms with Gasteiger partial charge in [0, 0.05) is 26.3 Å². The molecule has 1 atom stereocenters. The Morgan fingerprint density at radius 1 is 1.21 bits per heavy atom. The SMILES string of the molecule is CNC(=O)C(CNCc1ccn(-c2ccccc2)n1)Cc1ccc(OC)c(F)c1. The Bertz CT molecular complexity index is 943. The van der Waals surface area contributed by atoms with E-state index in [0.717, 1.165) is 16.9 Å². The Labute approximate surface area is 169 Å². The van der Waals surface area contributed by atoms with Crippen LogP contribution in [0.4, 0.5) is 4.39 Å². The summed E-state index contributed by atoms with van der Waals surface area (Å²) in [6, 6.07) is 16.6. The summed E-state index contributed by atoms with van der Waals surface area (Å²) in [7, 11) is 3.03. The number of aromatic nitrogens is 2. The Morgan fingerprint density at radius 2 is 2.00 bits per heavy atom. The number of carbonyl (C=O) groups is 1. The molecule has 0 saturated carbocycles. The molecule has 0 aliphatic heterocycles. The second-order valence-corrected chi connectivity index (χ2v) is 6.70. The second-order valence-electron chi connectivity index (χ2n) is 6.70. The summed E-state index contributed by atoms with van der Waals surface area (Å²) in [5, 5.41) is 10.5. The topological polar surface area (TPSA) is 68.2 Å². The van der Waals surface area contributed by atoms with Crippen LogP contribution >= 0.6 is 0 Å². The van der Waals surface area contributed by atoms with Gasteiger partial charge >= 0.3 is 0 Å². The van der Waals surface area contributed by atoms with E-state index in [0.29, 0.717) is 19.5 Å². The van der Waals surface area contributed by atoms with Gasteiger partial charge in [0.1, 0.15) is 0 Å². The van der Waals surface area contributed by atoms with Gasteiger partial charge in [-0.05, 0) is 42.3 Å². The number of ether oxygens (including phenoxy) is 1. The van der Waals surface area contributed by atoms with Crippen LogP contribution in [-0.2, 0) is 17.8 Å². The van der Waals surface area contributed by atoms with E-state index in [9.17, 15) is 9.18 Å². The maximum atomic E-state index is 13.9. The van der Waals surface area contributed by atoms with Crippen molar-refractivity contribution in [2.24, 2.45) is 5.92 Å². The van der Waals surface area contributed by atoms with Gasteiger partial charge in [0.25, 0.3) is 0 Å². The van der Waals surface area contributed by atoms with Crippen LogP contribution in [0, 0.1) is 11.7 Å². The summed E-state index contributed by atoms with van der Waals surface area (Å²) in [5.41, 5.74) is 2.61. The van der Waals surface area contributed by atoms with Gasteiger partial charge in [0.2, 0.25) is 5.91 Å². The molecule has 3 aromatic rings. The van der Waals surface area contributed by atoms with Gasteiger partial charge in [0.15, 0.2) is 11.6 Å². The average Bonchev–Trinajstić information content (AvgIpc) is 3.22. The molecule has 1 amide bonds. The fourth-order valence-electron chi connectivity index (χ4n) is 3.14. The van der Waals surface area contributed by atoms with Gasteiger partial charge in [0.05, 0.1) is 24.4 Å². The lowest BCUT2D eigenvalue weighted by molar-refractivity contribution is -0.124. The molecule has 0 saturated heterocycles. The van der Waals surface area contributed by atoms with E-state index in [2.05, 4.69) is 15.7 Å². The van der Waals surface area contributed by atoms with Crippen molar-refractivity contribution in [1.82, 2.24) is 20.4 Å². The summed E-state index contributed by atoms with van der Waals surface area (Å²) in [6.45, 7) is 0.982. The van der Waals surface area contributed by atoms with Crippen LogP contribution in [0.25, 0.3) is 5.69 Å². The zero-order chi connectivity index (χ0) is 20.6. The highest BCUT2D eigenvalue weighted by Crippen LogP contribution is 2.19. The fourth-order valence-corrected chi connectivity index (χ4v) is 3.14. The largest absolute Gasteiger partial charge is 0.494 e. The molecule has 2 aromatic carbocycles. The van der Waals surface area contributed by atoms with Crippen molar-refractivity contribution in [2.45, 2.75) is 13.0 Å². The number of para-hydroxylation sites is 1. The third-order valence-electron chi connectivity index (χ3n) is 4.68. The van der Waals surface area contributed by atoms with E-state index in [1.807, 2.05) is 47.3 Å². The number of hydrogen-bond acceptors (Lipinski definition) is 4. The lowest BCUT2D eigenvalue weighted by Crippen LogP contribution is -2.36. The van der Waals surface area contributed by atoms with Crippen LogP contribution in [0.1, 0.15) is 11.3 Å². The predicted octanol–water partition coefficient (Wildman–Crippen LogP) is 2.71. The number of hydrogen-bond donors (Lipinski definition) is 2. The Morgan fingerprint density at radius 3 is 2.69 bits per heavy atom. The minimum Gasteiger partial charge on any atom is -0.494 e. The molecule has 0 bridgehead atoms. The van der Waals surface area contributed by atoms with Gasteiger partial charge < -0.3 is 15.4 Å². The van der Waals surface area contributed by atoms with Crippen molar-refractivity contribution in [3.8, 4) is 11.4 Å². The summed E-state index contributed by atoms with van der Waals surface area (Å²) in [6.07, 6.45) is 2.33. The fraction of sp³-hybridized carbons (Fsp3) is 0.273. The number of nitrogens with zero attached hydrogens (tertiary/aromatic N) is 2. The Hall–Kier alpha value is -3.19. The molecular weight excluding hydrogens is 371 g/mol. The zero-order valence-corrected chi connectivity index (χ0v) is 16.6.